The fourth-order valence-corrected chi connectivity index (χ4v) is 2.67. The normalized spacial score (nSPS) is 14.9. The molecule has 98 valence electrons. The van der Waals surface area contributed by atoms with E-state index in [1.165, 1.54) is 0 Å². The molecule has 0 bridgehead atoms. The Morgan fingerprint density at radius 1 is 1.39 bits per heavy atom. The molecule has 2 atom stereocenters. The Morgan fingerprint density at radius 2 is 2.17 bits per heavy atom. The van der Waals surface area contributed by atoms with Gasteiger partial charge in [0.2, 0.25) is 0 Å². The molecular formula is C14H19ClN2O. The molecule has 2 unspecified atom stereocenters. The van der Waals surface area contributed by atoms with Gasteiger partial charge in [0.15, 0.2) is 0 Å². The molecule has 0 fully saturated rings. The fourth-order valence-electron chi connectivity index (χ4n) is 2.45. The van der Waals surface area contributed by atoms with Gasteiger partial charge in [0.05, 0.1) is 29.8 Å². The summed E-state index contributed by atoms with van der Waals surface area (Å²) in [6.45, 7) is 4.25. The van der Waals surface area contributed by atoms with Gasteiger partial charge in [0.25, 0.3) is 0 Å². The summed E-state index contributed by atoms with van der Waals surface area (Å²) in [5, 5.41) is 11.2. The van der Waals surface area contributed by atoms with Crippen molar-refractivity contribution in [1.29, 1.82) is 0 Å². The molecule has 0 amide bonds. The molecule has 0 aliphatic carbocycles. The lowest BCUT2D eigenvalue weighted by molar-refractivity contribution is 0.0947. The molecule has 3 nitrogen and oxygen atoms in total. The van der Waals surface area contributed by atoms with Crippen molar-refractivity contribution >= 4 is 17.1 Å². The molecule has 0 aliphatic heterocycles. The standard InChI is InChI=1S/C14H19ClN2O/c1-3-5-10(4-2)14(18)13-7-11(15)6-12-8-16-9-17(12)13/h6-10,14,18H,3-5H2,1-2H3. The second-order valence-electron chi connectivity index (χ2n) is 4.69. The van der Waals surface area contributed by atoms with Crippen LogP contribution in [0.1, 0.15) is 44.9 Å². The molecule has 4 heteroatoms. The zero-order chi connectivity index (χ0) is 13.1. The molecule has 0 spiro atoms. The highest BCUT2D eigenvalue weighted by Gasteiger charge is 2.21. The summed E-state index contributed by atoms with van der Waals surface area (Å²) in [5.74, 6) is 0.263. The van der Waals surface area contributed by atoms with Crippen molar-refractivity contribution in [2.24, 2.45) is 5.92 Å². The average molecular weight is 267 g/mol. The van der Waals surface area contributed by atoms with Gasteiger partial charge in [-0.1, -0.05) is 38.3 Å². The Balaban J connectivity index is 2.42. The first-order chi connectivity index (χ1) is 8.67. The highest BCUT2D eigenvalue weighted by molar-refractivity contribution is 6.31. The van der Waals surface area contributed by atoms with Gasteiger partial charge in [-0.15, -0.1) is 0 Å². The largest absolute Gasteiger partial charge is 0.387 e. The molecule has 1 N–H and O–H groups in total. The van der Waals surface area contributed by atoms with Crippen LogP contribution in [0.15, 0.2) is 24.7 Å². The minimum Gasteiger partial charge on any atom is -0.387 e. The van der Waals surface area contributed by atoms with Gasteiger partial charge in [-0.05, 0) is 24.5 Å². The minimum atomic E-state index is -0.495. The smallest absolute Gasteiger partial charge is 0.0995 e. The van der Waals surface area contributed by atoms with Gasteiger partial charge in [0.1, 0.15) is 0 Å². The number of pyridine rings is 1. The molecule has 0 aromatic carbocycles. The fraction of sp³-hybridized carbons (Fsp3) is 0.500. The van der Waals surface area contributed by atoms with E-state index in [2.05, 4.69) is 18.8 Å². The van der Waals surface area contributed by atoms with Crippen molar-refractivity contribution in [2.45, 2.75) is 39.2 Å². The third-order valence-electron chi connectivity index (χ3n) is 3.45. The van der Waals surface area contributed by atoms with Gasteiger partial charge >= 0.3 is 0 Å². The summed E-state index contributed by atoms with van der Waals surface area (Å²) >= 11 is 6.10. The van der Waals surface area contributed by atoms with E-state index in [0.29, 0.717) is 5.02 Å². The second kappa shape index (κ2) is 5.72. The maximum atomic E-state index is 10.5. The van der Waals surface area contributed by atoms with Crippen LogP contribution < -0.4 is 0 Å². The first kappa shape index (κ1) is 13.4. The first-order valence-corrected chi connectivity index (χ1v) is 6.84. The van der Waals surface area contributed by atoms with Gasteiger partial charge < -0.3 is 9.51 Å². The third-order valence-corrected chi connectivity index (χ3v) is 3.67. The zero-order valence-electron chi connectivity index (χ0n) is 10.8. The lowest BCUT2D eigenvalue weighted by atomic mass is 9.92. The van der Waals surface area contributed by atoms with Crippen molar-refractivity contribution in [1.82, 2.24) is 9.38 Å². The Bertz CT molecular complexity index is 523. The van der Waals surface area contributed by atoms with E-state index in [1.807, 2.05) is 16.5 Å². The summed E-state index contributed by atoms with van der Waals surface area (Å²) in [6.07, 6.45) is 6.03. The van der Waals surface area contributed by atoms with Crippen molar-refractivity contribution in [3.8, 4) is 0 Å². The molecule has 0 radical (unpaired) electrons. The lowest BCUT2D eigenvalue weighted by Gasteiger charge is -2.22. The van der Waals surface area contributed by atoms with Crippen LogP contribution in [0.25, 0.3) is 5.52 Å². The SMILES string of the molecule is CCCC(CC)C(O)c1cc(Cl)cc2cncn12. The van der Waals surface area contributed by atoms with Crippen LogP contribution in [0.3, 0.4) is 0 Å². The van der Waals surface area contributed by atoms with E-state index in [1.54, 1.807) is 12.5 Å². The molecule has 2 heterocycles. The van der Waals surface area contributed by atoms with E-state index in [9.17, 15) is 5.11 Å². The van der Waals surface area contributed by atoms with Crippen LogP contribution in [-0.2, 0) is 0 Å². The predicted octanol–water partition coefficient (Wildman–Crippen LogP) is 3.85. The number of nitrogens with zero attached hydrogens (tertiary/aromatic N) is 2. The van der Waals surface area contributed by atoms with Gasteiger partial charge in [-0.25, -0.2) is 4.98 Å². The highest BCUT2D eigenvalue weighted by Crippen LogP contribution is 2.30. The molecular weight excluding hydrogens is 248 g/mol. The number of hydrogen-bond donors (Lipinski definition) is 1. The van der Waals surface area contributed by atoms with Gasteiger partial charge in [-0.2, -0.15) is 0 Å². The number of aliphatic hydroxyl groups excluding tert-OH is 1. The summed E-state index contributed by atoms with van der Waals surface area (Å²) < 4.78 is 1.91. The van der Waals surface area contributed by atoms with E-state index in [0.717, 1.165) is 30.5 Å². The molecule has 0 saturated carbocycles. The van der Waals surface area contributed by atoms with Crippen LogP contribution in [-0.4, -0.2) is 14.5 Å². The average Bonchev–Trinajstić information content (AvgIpc) is 2.82. The van der Waals surface area contributed by atoms with E-state index >= 15 is 0 Å². The number of aliphatic hydroxyl groups is 1. The van der Waals surface area contributed by atoms with E-state index in [4.69, 9.17) is 11.6 Å². The predicted molar refractivity (Wildman–Crippen MR) is 73.9 cm³/mol. The monoisotopic (exact) mass is 266 g/mol. The van der Waals surface area contributed by atoms with Crippen LogP contribution in [0, 0.1) is 5.92 Å². The number of rotatable bonds is 5. The topological polar surface area (TPSA) is 37.5 Å². The van der Waals surface area contributed by atoms with Crippen molar-refractivity contribution in [2.75, 3.05) is 0 Å². The number of fused-ring (bicyclic) bond motifs is 1. The summed E-state index contributed by atoms with van der Waals surface area (Å²) in [6, 6.07) is 3.69. The first-order valence-electron chi connectivity index (χ1n) is 6.47. The second-order valence-corrected chi connectivity index (χ2v) is 5.13. The zero-order valence-corrected chi connectivity index (χ0v) is 11.6. The van der Waals surface area contributed by atoms with Gasteiger partial charge in [0, 0.05) is 5.02 Å². The molecule has 2 aromatic rings. The summed E-state index contributed by atoms with van der Waals surface area (Å²) in [5.41, 5.74) is 1.75. The maximum absolute atomic E-state index is 10.5. The van der Waals surface area contributed by atoms with Gasteiger partial charge in [-0.3, -0.25) is 0 Å². The highest BCUT2D eigenvalue weighted by atomic mass is 35.5. The minimum absolute atomic E-state index is 0.263. The molecule has 2 aromatic heterocycles. The lowest BCUT2D eigenvalue weighted by Crippen LogP contribution is -2.14. The van der Waals surface area contributed by atoms with Crippen LogP contribution in [0.2, 0.25) is 5.02 Å². The van der Waals surface area contributed by atoms with Crippen LogP contribution >= 0.6 is 11.6 Å². The van der Waals surface area contributed by atoms with Crippen molar-refractivity contribution in [3.63, 3.8) is 0 Å². The number of hydrogen-bond acceptors (Lipinski definition) is 2. The molecule has 2 rings (SSSR count). The number of halogens is 1. The maximum Gasteiger partial charge on any atom is 0.0995 e. The Morgan fingerprint density at radius 3 is 2.83 bits per heavy atom. The van der Waals surface area contributed by atoms with Crippen LogP contribution in [0.4, 0.5) is 0 Å². The van der Waals surface area contributed by atoms with Crippen molar-refractivity contribution in [3.05, 3.63) is 35.4 Å². The number of imidazole rings is 1. The Kier molecular flexibility index (Phi) is 4.25. The number of aromatic nitrogens is 2. The van der Waals surface area contributed by atoms with Crippen LogP contribution in [0.5, 0.6) is 0 Å². The quantitative estimate of drug-likeness (QED) is 0.893. The summed E-state index contributed by atoms with van der Waals surface area (Å²) in [4.78, 5) is 4.11. The third kappa shape index (κ3) is 2.52. The Hall–Kier alpha value is -1.06. The van der Waals surface area contributed by atoms with E-state index < -0.39 is 6.10 Å². The Labute approximate surface area is 112 Å². The summed E-state index contributed by atoms with van der Waals surface area (Å²) in [7, 11) is 0. The molecule has 18 heavy (non-hydrogen) atoms. The molecule has 0 aliphatic rings. The van der Waals surface area contributed by atoms with Crippen molar-refractivity contribution < 1.29 is 5.11 Å². The van der Waals surface area contributed by atoms with E-state index in [-0.39, 0.29) is 5.92 Å². The molecule has 0 saturated heterocycles.